The number of ether oxygens (including phenoxy) is 1. The maximum atomic E-state index is 12.8. The van der Waals surface area contributed by atoms with Crippen LogP contribution in [0.25, 0.3) is 0 Å². The van der Waals surface area contributed by atoms with E-state index in [9.17, 15) is 13.2 Å². The van der Waals surface area contributed by atoms with Crippen molar-refractivity contribution in [2.24, 2.45) is 0 Å². The molecule has 2 atom stereocenters. The highest BCUT2D eigenvalue weighted by Crippen LogP contribution is 2.30. The van der Waals surface area contributed by atoms with Gasteiger partial charge in [0.15, 0.2) is 0 Å². The van der Waals surface area contributed by atoms with Crippen LogP contribution in [0.1, 0.15) is 19.0 Å². The number of hydrogen-bond donors (Lipinski definition) is 0. The Morgan fingerprint density at radius 2 is 2.27 bits per heavy atom. The zero-order chi connectivity index (χ0) is 16.3. The van der Waals surface area contributed by atoms with Crippen molar-refractivity contribution in [3.8, 4) is 0 Å². The third-order valence-electron chi connectivity index (χ3n) is 3.53. The minimum Gasteiger partial charge on any atom is -0.377 e. The number of methoxy groups -OCH3 is 1. The highest BCUT2D eigenvalue weighted by atomic mass is 19.4. The molecule has 0 aromatic carbocycles. The van der Waals surface area contributed by atoms with Gasteiger partial charge in [-0.25, -0.2) is 9.97 Å². The predicted octanol–water partition coefficient (Wildman–Crippen LogP) is 3.22. The molecule has 1 aliphatic rings. The predicted molar refractivity (Wildman–Crippen MR) is 77.5 cm³/mol. The summed E-state index contributed by atoms with van der Waals surface area (Å²) in [5, 5.41) is 0. The van der Waals surface area contributed by atoms with E-state index < -0.39 is 11.9 Å². The van der Waals surface area contributed by atoms with Gasteiger partial charge in [0.1, 0.15) is 5.69 Å². The molecular formula is C15H18F3N3O. The van der Waals surface area contributed by atoms with E-state index in [-0.39, 0.29) is 18.1 Å². The quantitative estimate of drug-likeness (QED) is 0.782. The van der Waals surface area contributed by atoms with Gasteiger partial charge in [-0.3, -0.25) is 0 Å². The molecule has 1 unspecified atom stereocenters. The van der Waals surface area contributed by atoms with Gasteiger partial charge in [-0.1, -0.05) is 17.7 Å². The Kier molecular flexibility index (Phi) is 4.85. The largest absolute Gasteiger partial charge is 0.433 e. The fourth-order valence-electron chi connectivity index (χ4n) is 2.44. The van der Waals surface area contributed by atoms with Crippen molar-refractivity contribution < 1.29 is 17.9 Å². The zero-order valence-corrected chi connectivity index (χ0v) is 12.5. The smallest absolute Gasteiger partial charge is 0.377 e. The first-order valence-corrected chi connectivity index (χ1v) is 6.84. The first-order chi connectivity index (χ1) is 10.3. The lowest BCUT2D eigenvalue weighted by Crippen LogP contribution is -2.35. The number of hydrogen-bond acceptors (Lipinski definition) is 4. The molecule has 120 valence electrons. The van der Waals surface area contributed by atoms with Gasteiger partial charge in [0, 0.05) is 26.3 Å². The Bertz CT molecular complexity index is 571. The van der Waals surface area contributed by atoms with E-state index in [1.165, 1.54) is 0 Å². The zero-order valence-electron chi connectivity index (χ0n) is 12.5. The van der Waals surface area contributed by atoms with E-state index in [0.717, 1.165) is 17.8 Å². The van der Waals surface area contributed by atoms with E-state index in [0.29, 0.717) is 13.0 Å². The normalized spacial score (nSPS) is 20.0. The molecule has 0 fully saturated rings. The van der Waals surface area contributed by atoms with Crippen LogP contribution in [-0.4, -0.2) is 35.8 Å². The van der Waals surface area contributed by atoms with Crippen LogP contribution < -0.4 is 4.90 Å². The van der Waals surface area contributed by atoms with Crippen molar-refractivity contribution in [2.45, 2.75) is 31.7 Å². The average molecular weight is 313 g/mol. The lowest BCUT2D eigenvalue weighted by molar-refractivity contribution is -0.141. The van der Waals surface area contributed by atoms with Gasteiger partial charge < -0.3 is 9.64 Å². The van der Waals surface area contributed by atoms with E-state index in [2.05, 4.69) is 16.5 Å². The van der Waals surface area contributed by atoms with Crippen molar-refractivity contribution >= 4 is 5.95 Å². The molecule has 1 aromatic rings. The molecule has 0 saturated heterocycles. The van der Waals surface area contributed by atoms with Gasteiger partial charge in [0.25, 0.3) is 0 Å². The Labute approximate surface area is 127 Å². The number of alkyl halides is 3. The average Bonchev–Trinajstić information content (AvgIpc) is 2.84. The number of anilines is 1. The third-order valence-corrected chi connectivity index (χ3v) is 3.53. The second-order valence-corrected chi connectivity index (χ2v) is 5.19. The van der Waals surface area contributed by atoms with Crippen LogP contribution in [0.2, 0.25) is 0 Å². The van der Waals surface area contributed by atoms with Gasteiger partial charge >= 0.3 is 6.18 Å². The molecule has 1 aromatic heterocycles. The van der Waals surface area contributed by atoms with Crippen LogP contribution in [0.15, 0.2) is 36.6 Å². The molecule has 2 heterocycles. The van der Waals surface area contributed by atoms with E-state index in [1.807, 2.05) is 13.0 Å². The van der Waals surface area contributed by atoms with Crippen LogP contribution in [0.4, 0.5) is 19.1 Å². The Morgan fingerprint density at radius 1 is 1.55 bits per heavy atom. The Hall–Kier alpha value is -1.89. The summed E-state index contributed by atoms with van der Waals surface area (Å²) in [6.45, 7) is 6.12. The van der Waals surface area contributed by atoms with Gasteiger partial charge in [0.05, 0.1) is 12.1 Å². The van der Waals surface area contributed by atoms with E-state index in [4.69, 9.17) is 4.74 Å². The number of halogens is 3. The summed E-state index contributed by atoms with van der Waals surface area (Å²) < 4.78 is 43.6. The molecule has 4 nitrogen and oxygen atoms in total. The summed E-state index contributed by atoms with van der Waals surface area (Å²) in [5.74, 6) is 0.0758. The maximum absolute atomic E-state index is 12.8. The van der Waals surface area contributed by atoms with Crippen molar-refractivity contribution in [1.82, 2.24) is 9.97 Å². The molecule has 7 heteroatoms. The topological polar surface area (TPSA) is 38.2 Å². The molecule has 0 aliphatic carbocycles. The van der Waals surface area contributed by atoms with Gasteiger partial charge in [-0.05, 0) is 13.0 Å². The number of rotatable bonds is 5. The van der Waals surface area contributed by atoms with Crippen LogP contribution in [-0.2, 0) is 10.9 Å². The number of aromatic nitrogens is 2. The maximum Gasteiger partial charge on any atom is 0.433 e. The summed E-state index contributed by atoms with van der Waals surface area (Å²) >= 11 is 0. The van der Waals surface area contributed by atoms with Crippen molar-refractivity contribution in [3.05, 3.63) is 42.3 Å². The van der Waals surface area contributed by atoms with Crippen molar-refractivity contribution in [1.29, 1.82) is 0 Å². The molecule has 0 spiro atoms. The van der Waals surface area contributed by atoms with Gasteiger partial charge in [-0.2, -0.15) is 13.2 Å². The van der Waals surface area contributed by atoms with Gasteiger partial charge in [-0.15, -0.1) is 6.58 Å². The molecule has 1 aliphatic heterocycles. The SMILES string of the molecule is C=CC(C[C@H]1C=C(C)CN1c1nccc(C(F)(F)F)n1)OC. The van der Waals surface area contributed by atoms with E-state index in [1.54, 1.807) is 18.1 Å². The summed E-state index contributed by atoms with van der Waals surface area (Å²) in [6, 6.07) is 0.753. The molecule has 0 bridgehead atoms. The van der Waals surface area contributed by atoms with Crippen molar-refractivity contribution in [3.63, 3.8) is 0 Å². The Balaban J connectivity index is 2.25. The standard InChI is InChI=1S/C15H18F3N3O/c1-4-12(22-3)8-11-7-10(2)9-21(11)14-19-6-5-13(20-14)15(16,17)18/h4-7,11-12H,1,8-9H2,2-3H3/t11-,12?/m1/s1. The highest BCUT2D eigenvalue weighted by molar-refractivity contribution is 5.42. The first kappa shape index (κ1) is 16.5. The molecule has 2 rings (SSSR count). The summed E-state index contributed by atoms with van der Waals surface area (Å²) in [6.07, 6.45) is 0.728. The molecule has 0 radical (unpaired) electrons. The molecule has 0 N–H and O–H groups in total. The second-order valence-electron chi connectivity index (χ2n) is 5.19. The van der Waals surface area contributed by atoms with Gasteiger partial charge in [0.2, 0.25) is 5.95 Å². The molecular weight excluding hydrogens is 295 g/mol. The van der Waals surface area contributed by atoms with Crippen LogP contribution in [0, 0.1) is 0 Å². The van der Waals surface area contributed by atoms with Crippen LogP contribution in [0.3, 0.4) is 0 Å². The first-order valence-electron chi connectivity index (χ1n) is 6.84. The van der Waals surface area contributed by atoms with Crippen molar-refractivity contribution in [2.75, 3.05) is 18.6 Å². The monoisotopic (exact) mass is 313 g/mol. The summed E-state index contributed by atoms with van der Waals surface area (Å²) in [5.41, 5.74) is 0.123. The minimum absolute atomic E-state index is 0.0758. The second kappa shape index (κ2) is 6.48. The minimum atomic E-state index is -4.48. The summed E-state index contributed by atoms with van der Waals surface area (Å²) in [7, 11) is 1.57. The lowest BCUT2D eigenvalue weighted by atomic mass is 10.1. The highest BCUT2D eigenvalue weighted by Gasteiger charge is 2.34. The fourth-order valence-corrected chi connectivity index (χ4v) is 2.44. The van der Waals surface area contributed by atoms with Crippen LogP contribution >= 0.6 is 0 Å². The van der Waals surface area contributed by atoms with E-state index >= 15 is 0 Å². The Morgan fingerprint density at radius 3 is 2.86 bits per heavy atom. The van der Waals surface area contributed by atoms with Crippen LogP contribution in [0.5, 0.6) is 0 Å². The number of nitrogens with zero attached hydrogens (tertiary/aromatic N) is 3. The summed E-state index contributed by atoms with van der Waals surface area (Å²) in [4.78, 5) is 9.40. The fraction of sp³-hybridized carbons (Fsp3) is 0.467. The lowest BCUT2D eigenvalue weighted by Gasteiger charge is -2.27. The molecule has 0 saturated carbocycles. The molecule has 22 heavy (non-hydrogen) atoms. The molecule has 0 amide bonds. The third kappa shape index (κ3) is 3.65.